The van der Waals surface area contributed by atoms with E-state index >= 15 is 0 Å². The number of nitrogens with two attached hydrogens (primary N) is 1. The number of carbonyl (C=O) groups is 2. The fourth-order valence-electron chi connectivity index (χ4n) is 4.41. The summed E-state index contributed by atoms with van der Waals surface area (Å²) in [6.45, 7) is 0.873. The van der Waals surface area contributed by atoms with E-state index in [4.69, 9.17) is 15.2 Å². The van der Waals surface area contributed by atoms with Crippen molar-refractivity contribution in [2.45, 2.75) is 62.7 Å². The zero-order chi connectivity index (χ0) is 18.1. The van der Waals surface area contributed by atoms with Gasteiger partial charge in [0.1, 0.15) is 11.9 Å². The Morgan fingerprint density at radius 3 is 2.69 bits per heavy atom. The lowest BCUT2D eigenvalue weighted by atomic mass is 9.78. The topological polar surface area (TPSA) is 81.9 Å². The Bertz CT molecular complexity index is 701. The van der Waals surface area contributed by atoms with E-state index < -0.39 is 12.0 Å². The van der Waals surface area contributed by atoms with Crippen LogP contribution in [-0.4, -0.2) is 41.6 Å². The van der Waals surface area contributed by atoms with E-state index in [0.717, 1.165) is 37.0 Å². The number of benzene rings is 1. The Labute approximate surface area is 153 Å². The van der Waals surface area contributed by atoms with Crippen LogP contribution in [0.2, 0.25) is 0 Å². The van der Waals surface area contributed by atoms with Gasteiger partial charge in [-0.15, -0.1) is 0 Å². The summed E-state index contributed by atoms with van der Waals surface area (Å²) in [5, 5.41) is 0. The summed E-state index contributed by atoms with van der Waals surface area (Å²) < 4.78 is 11.9. The first-order chi connectivity index (χ1) is 12.6. The molecule has 0 bridgehead atoms. The third kappa shape index (κ3) is 3.18. The zero-order valence-electron chi connectivity index (χ0n) is 15.0. The fraction of sp³-hybridized carbons (Fsp3) is 0.600. The van der Waals surface area contributed by atoms with E-state index in [2.05, 4.69) is 0 Å². The van der Waals surface area contributed by atoms with E-state index in [-0.39, 0.29) is 24.0 Å². The Balaban J connectivity index is 1.56. The van der Waals surface area contributed by atoms with Crippen LogP contribution in [0, 0.1) is 0 Å². The minimum absolute atomic E-state index is 0.0169. The summed E-state index contributed by atoms with van der Waals surface area (Å²) in [5.74, 6) is 0.395. The molecule has 0 radical (unpaired) electrons. The van der Waals surface area contributed by atoms with Gasteiger partial charge in [-0.25, -0.2) is 0 Å². The molecule has 3 aliphatic rings. The molecule has 2 amide bonds. The van der Waals surface area contributed by atoms with Crippen molar-refractivity contribution in [2.75, 3.05) is 13.2 Å². The fourth-order valence-corrected chi connectivity index (χ4v) is 4.41. The van der Waals surface area contributed by atoms with Gasteiger partial charge in [0, 0.05) is 24.9 Å². The Hall–Kier alpha value is -2.08. The average Bonchev–Trinajstić information content (AvgIpc) is 3.08. The van der Waals surface area contributed by atoms with Crippen LogP contribution in [0.3, 0.4) is 0 Å². The number of carbonyl (C=O) groups excluding carboxylic acids is 2. The number of rotatable bonds is 5. The normalized spacial score (nSPS) is 25.8. The van der Waals surface area contributed by atoms with Crippen molar-refractivity contribution in [3.63, 3.8) is 0 Å². The SMILES string of the molecule is NC(=O)CCN(C(=O)C1CCC2(CCC2)O1)C1CCOc2ccccc21. The second-order valence-electron chi connectivity index (χ2n) is 7.62. The summed E-state index contributed by atoms with van der Waals surface area (Å²) in [6.07, 6.45) is 5.46. The predicted molar refractivity (Wildman–Crippen MR) is 95.5 cm³/mol. The number of para-hydroxylation sites is 1. The summed E-state index contributed by atoms with van der Waals surface area (Å²) in [7, 11) is 0. The molecule has 1 saturated heterocycles. The molecule has 6 nitrogen and oxygen atoms in total. The number of primary amides is 1. The molecular weight excluding hydrogens is 332 g/mol. The van der Waals surface area contributed by atoms with Gasteiger partial charge in [0.2, 0.25) is 5.91 Å². The van der Waals surface area contributed by atoms with Crippen molar-refractivity contribution in [3.8, 4) is 5.75 Å². The van der Waals surface area contributed by atoms with Crippen molar-refractivity contribution < 1.29 is 19.1 Å². The van der Waals surface area contributed by atoms with Crippen LogP contribution < -0.4 is 10.5 Å². The van der Waals surface area contributed by atoms with Gasteiger partial charge in [-0.1, -0.05) is 18.2 Å². The van der Waals surface area contributed by atoms with Crippen LogP contribution in [0.1, 0.15) is 56.6 Å². The standard InChI is InChI=1S/C20H26N2O4/c21-18(23)7-12-22(15-8-13-25-16-5-2-1-4-14(15)16)19(24)17-6-11-20(26-17)9-3-10-20/h1-2,4-5,15,17H,3,6-13H2,(H2,21,23). The second kappa shape index (κ2) is 6.91. The molecule has 6 heteroatoms. The minimum atomic E-state index is -0.404. The average molecular weight is 358 g/mol. The first-order valence-electron chi connectivity index (χ1n) is 9.56. The summed E-state index contributed by atoms with van der Waals surface area (Å²) >= 11 is 0. The maximum absolute atomic E-state index is 13.3. The lowest BCUT2D eigenvalue weighted by Gasteiger charge is -2.39. The van der Waals surface area contributed by atoms with Crippen LogP contribution in [0.5, 0.6) is 5.75 Å². The minimum Gasteiger partial charge on any atom is -0.493 e. The van der Waals surface area contributed by atoms with Crippen molar-refractivity contribution >= 4 is 11.8 Å². The van der Waals surface area contributed by atoms with Crippen molar-refractivity contribution in [1.29, 1.82) is 0 Å². The molecule has 2 heterocycles. The third-order valence-corrected chi connectivity index (χ3v) is 5.98. The largest absolute Gasteiger partial charge is 0.493 e. The maximum Gasteiger partial charge on any atom is 0.252 e. The van der Waals surface area contributed by atoms with E-state index in [1.807, 2.05) is 24.3 Å². The predicted octanol–water partition coefficient (Wildman–Crippen LogP) is 2.32. The van der Waals surface area contributed by atoms with Crippen LogP contribution in [0.4, 0.5) is 0 Å². The zero-order valence-corrected chi connectivity index (χ0v) is 15.0. The van der Waals surface area contributed by atoms with Gasteiger partial charge in [0.05, 0.1) is 18.2 Å². The van der Waals surface area contributed by atoms with Gasteiger partial charge < -0.3 is 20.1 Å². The van der Waals surface area contributed by atoms with Crippen LogP contribution in [0.15, 0.2) is 24.3 Å². The van der Waals surface area contributed by atoms with Crippen molar-refractivity contribution in [2.24, 2.45) is 5.73 Å². The van der Waals surface area contributed by atoms with Crippen LogP contribution >= 0.6 is 0 Å². The molecule has 1 aromatic rings. The van der Waals surface area contributed by atoms with E-state index in [1.165, 1.54) is 6.42 Å². The molecular formula is C20H26N2O4. The van der Waals surface area contributed by atoms with Crippen molar-refractivity contribution in [1.82, 2.24) is 4.90 Å². The second-order valence-corrected chi connectivity index (χ2v) is 7.62. The molecule has 1 spiro atoms. The highest BCUT2D eigenvalue weighted by Gasteiger charge is 2.48. The number of nitrogens with zero attached hydrogens (tertiary/aromatic N) is 1. The highest BCUT2D eigenvalue weighted by atomic mass is 16.5. The van der Waals surface area contributed by atoms with Gasteiger partial charge in [-0.2, -0.15) is 0 Å². The molecule has 2 N–H and O–H groups in total. The molecule has 140 valence electrons. The van der Waals surface area contributed by atoms with E-state index in [0.29, 0.717) is 19.6 Å². The van der Waals surface area contributed by atoms with E-state index in [9.17, 15) is 9.59 Å². The first-order valence-corrected chi connectivity index (χ1v) is 9.56. The molecule has 0 aromatic heterocycles. The smallest absolute Gasteiger partial charge is 0.252 e. The molecule has 1 saturated carbocycles. The highest BCUT2D eigenvalue weighted by molar-refractivity contribution is 5.83. The number of ether oxygens (including phenoxy) is 2. The van der Waals surface area contributed by atoms with Crippen LogP contribution in [-0.2, 0) is 14.3 Å². The lowest BCUT2D eigenvalue weighted by Crippen LogP contribution is -2.46. The number of hydrogen-bond donors (Lipinski definition) is 1. The molecule has 2 atom stereocenters. The maximum atomic E-state index is 13.3. The molecule has 1 aromatic carbocycles. The monoisotopic (exact) mass is 358 g/mol. The van der Waals surface area contributed by atoms with Gasteiger partial charge in [0.25, 0.3) is 5.91 Å². The molecule has 4 rings (SSSR count). The summed E-state index contributed by atoms with van der Waals surface area (Å²) in [4.78, 5) is 26.5. The molecule has 2 fully saturated rings. The molecule has 2 unspecified atom stereocenters. The summed E-state index contributed by atoms with van der Waals surface area (Å²) in [6, 6.07) is 7.69. The van der Waals surface area contributed by atoms with E-state index in [1.54, 1.807) is 4.90 Å². The van der Waals surface area contributed by atoms with Crippen LogP contribution in [0.25, 0.3) is 0 Å². The van der Waals surface area contributed by atoms with Gasteiger partial charge in [-0.3, -0.25) is 9.59 Å². The van der Waals surface area contributed by atoms with Gasteiger partial charge in [0.15, 0.2) is 0 Å². The summed E-state index contributed by atoms with van der Waals surface area (Å²) in [5.41, 5.74) is 6.29. The molecule has 2 aliphatic heterocycles. The number of amides is 2. The van der Waals surface area contributed by atoms with Gasteiger partial charge in [-0.05, 0) is 38.2 Å². The Morgan fingerprint density at radius 1 is 1.19 bits per heavy atom. The van der Waals surface area contributed by atoms with Crippen molar-refractivity contribution in [3.05, 3.63) is 29.8 Å². The Kier molecular flexibility index (Phi) is 4.61. The quantitative estimate of drug-likeness (QED) is 0.876. The lowest BCUT2D eigenvalue weighted by molar-refractivity contribution is -0.157. The third-order valence-electron chi connectivity index (χ3n) is 5.98. The number of fused-ring (bicyclic) bond motifs is 1. The Morgan fingerprint density at radius 2 is 2.00 bits per heavy atom. The first kappa shape index (κ1) is 17.3. The van der Waals surface area contributed by atoms with Gasteiger partial charge >= 0.3 is 0 Å². The number of hydrogen-bond acceptors (Lipinski definition) is 4. The molecule has 1 aliphatic carbocycles. The molecule has 26 heavy (non-hydrogen) atoms. The highest BCUT2D eigenvalue weighted by Crippen LogP contribution is 2.46.